The maximum absolute atomic E-state index is 13.1. The van der Waals surface area contributed by atoms with Gasteiger partial charge in [-0.1, -0.05) is 41.9 Å². The predicted molar refractivity (Wildman–Crippen MR) is 114 cm³/mol. The van der Waals surface area contributed by atoms with Crippen LogP contribution >= 0.6 is 11.6 Å². The molecule has 9 heteroatoms. The van der Waals surface area contributed by atoms with E-state index in [9.17, 15) is 22.8 Å². The Morgan fingerprint density at radius 3 is 2.06 bits per heavy atom. The maximum atomic E-state index is 13.1. The van der Waals surface area contributed by atoms with Crippen molar-refractivity contribution in [3.05, 3.63) is 65.2 Å². The number of imide groups is 1. The lowest BCUT2D eigenvalue weighted by molar-refractivity contribution is -0.156. The Balaban J connectivity index is 1.47. The molecule has 0 unspecified atom stereocenters. The van der Waals surface area contributed by atoms with Crippen molar-refractivity contribution in [3.8, 4) is 0 Å². The fraction of sp³-hybridized carbons (Fsp3) is 0.318. The van der Waals surface area contributed by atoms with Crippen LogP contribution in [0.1, 0.15) is 18.4 Å². The summed E-state index contributed by atoms with van der Waals surface area (Å²) in [5, 5.41) is 0.387. The highest BCUT2D eigenvalue weighted by Crippen LogP contribution is 2.48. The second-order valence-corrected chi connectivity index (χ2v) is 10.5. The van der Waals surface area contributed by atoms with Crippen LogP contribution in [0.3, 0.4) is 0 Å². The molecule has 4 rings (SSSR count). The maximum Gasteiger partial charge on any atom is 0.248 e. The summed E-state index contributed by atoms with van der Waals surface area (Å²) in [7, 11) is -3.97. The molecule has 0 radical (unpaired) electrons. The summed E-state index contributed by atoms with van der Waals surface area (Å²) in [5.74, 6) is -1.69. The minimum absolute atomic E-state index is 0.00176. The number of nitrogens with zero attached hydrogens (tertiary/aromatic N) is 2. The summed E-state index contributed by atoms with van der Waals surface area (Å²) in [6.07, 6.45) is 0.835. The number of carbonyl (C=O) groups excluding carboxylic acids is 3. The number of halogens is 1. The molecule has 0 spiro atoms. The second-order valence-electron chi connectivity index (χ2n) is 7.79. The van der Waals surface area contributed by atoms with Crippen molar-refractivity contribution in [1.82, 2.24) is 9.80 Å². The first kappa shape index (κ1) is 21.5. The van der Waals surface area contributed by atoms with Crippen molar-refractivity contribution in [2.24, 2.45) is 0 Å². The number of benzene rings is 2. The van der Waals surface area contributed by atoms with Crippen molar-refractivity contribution in [1.29, 1.82) is 0 Å². The lowest BCUT2D eigenvalue weighted by atomic mass is 10.1. The van der Waals surface area contributed by atoms with Crippen LogP contribution in [0, 0.1) is 0 Å². The van der Waals surface area contributed by atoms with Gasteiger partial charge in [-0.05, 0) is 49.1 Å². The van der Waals surface area contributed by atoms with E-state index in [-0.39, 0.29) is 37.4 Å². The van der Waals surface area contributed by atoms with Crippen LogP contribution in [0.2, 0.25) is 5.02 Å². The third-order valence-electron chi connectivity index (χ3n) is 5.74. The monoisotopic (exact) mass is 460 g/mol. The first-order valence-corrected chi connectivity index (χ1v) is 11.8. The summed E-state index contributed by atoms with van der Waals surface area (Å²) in [4.78, 5) is 40.5. The summed E-state index contributed by atoms with van der Waals surface area (Å²) < 4.78 is 24.6. The molecule has 2 aromatic rings. The van der Waals surface area contributed by atoms with Crippen LogP contribution < -0.4 is 0 Å². The average Bonchev–Trinajstić information content (AvgIpc) is 3.56. The quantitative estimate of drug-likeness (QED) is 0.615. The minimum atomic E-state index is -3.97. The van der Waals surface area contributed by atoms with Gasteiger partial charge in [-0.25, -0.2) is 8.42 Å². The largest absolute Gasteiger partial charge is 0.323 e. The van der Waals surface area contributed by atoms with Gasteiger partial charge in [0.25, 0.3) is 0 Å². The number of rotatable bonds is 6. The molecule has 0 aromatic heterocycles. The lowest BCUT2D eigenvalue weighted by Gasteiger charge is -2.34. The van der Waals surface area contributed by atoms with Crippen LogP contribution in [0.5, 0.6) is 0 Å². The standard InChI is InChI=1S/C22H21ClN2O5S/c23-17-6-8-18(9-7-17)31(29,30)22(11-12-22)21(28)24-14-19(26)25(20(27)15-24)13-10-16-4-2-1-3-5-16/h1-9H,10-15H2. The Morgan fingerprint density at radius 2 is 1.52 bits per heavy atom. The number of hydrogen-bond donors (Lipinski definition) is 0. The predicted octanol–water partition coefficient (Wildman–Crippen LogP) is 2.09. The highest BCUT2D eigenvalue weighted by atomic mass is 35.5. The van der Waals surface area contributed by atoms with Gasteiger partial charge in [0.15, 0.2) is 14.6 Å². The highest BCUT2D eigenvalue weighted by molar-refractivity contribution is 7.94. The zero-order chi connectivity index (χ0) is 22.2. The fourth-order valence-electron chi connectivity index (χ4n) is 3.81. The fourth-order valence-corrected chi connectivity index (χ4v) is 5.88. The molecule has 3 amide bonds. The van der Waals surface area contributed by atoms with Gasteiger partial charge in [0.1, 0.15) is 13.1 Å². The molecule has 1 saturated carbocycles. The topological polar surface area (TPSA) is 91.8 Å². The van der Waals surface area contributed by atoms with Crippen molar-refractivity contribution in [3.63, 3.8) is 0 Å². The normalized spacial score (nSPS) is 18.2. The van der Waals surface area contributed by atoms with Gasteiger partial charge in [0, 0.05) is 11.6 Å². The Bertz CT molecular complexity index is 1110. The van der Waals surface area contributed by atoms with Crippen LogP contribution in [-0.4, -0.2) is 60.3 Å². The molecule has 1 saturated heterocycles. The summed E-state index contributed by atoms with van der Waals surface area (Å²) in [6.45, 7) is -0.396. The molecule has 0 bridgehead atoms. The van der Waals surface area contributed by atoms with Crippen molar-refractivity contribution >= 4 is 39.2 Å². The third-order valence-corrected chi connectivity index (χ3v) is 8.50. The molecule has 7 nitrogen and oxygen atoms in total. The van der Waals surface area contributed by atoms with Gasteiger partial charge in [0.2, 0.25) is 17.7 Å². The Morgan fingerprint density at radius 1 is 0.935 bits per heavy atom. The van der Waals surface area contributed by atoms with E-state index in [1.807, 2.05) is 30.3 Å². The van der Waals surface area contributed by atoms with Crippen molar-refractivity contribution in [2.45, 2.75) is 28.9 Å². The lowest BCUT2D eigenvalue weighted by Crippen LogP contribution is -2.58. The third kappa shape index (κ3) is 3.97. The number of hydrogen-bond acceptors (Lipinski definition) is 5. The Labute approximate surface area is 185 Å². The van der Waals surface area contributed by atoms with Gasteiger partial charge in [-0.2, -0.15) is 0 Å². The van der Waals surface area contributed by atoms with E-state index < -0.39 is 32.3 Å². The molecule has 0 atom stereocenters. The first-order chi connectivity index (χ1) is 14.7. The van der Waals surface area contributed by atoms with Gasteiger partial charge in [-0.15, -0.1) is 0 Å². The molecule has 1 aliphatic carbocycles. The molecule has 31 heavy (non-hydrogen) atoms. The van der Waals surface area contributed by atoms with E-state index in [2.05, 4.69) is 0 Å². The molecule has 0 N–H and O–H groups in total. The van der Waals surface area contributed by atoms with Crippen LogP contribution in [0.15, 0.2) is 59.5 Å². The number of piperazine rings is 1. The van der Waals surface area contributed by atoms with Crippen LogP contribution in [0.4, 0.5) is 0 Å². The van der Waals surface area contributed by atoms with Crippen molar-refractivity contribution < 1.29 is 22.8 Å². The van der Waals surface area contributed by atoms with E-state index in [4.69, 9.17) is 11.6 Å². The Kier molecular flexibility index (Phi) is 5.61. The average molecular weight is 461 g/mol. The molecule has 2 fully saturated rings. The van der Waals surface area contributed by atoms with E-state index in [0.717, 1.165) is 15.4 Å². The zero-order valence-electron chi connectivity index (χ0n) is 16.7. The summed E-state index contributed by atoms with van der Waals surface area (Å²) in [5.41, 5.74) is 0.993. The molecule has 1 heterocycles. The number of sulfone groups is 1. The zero-order valence-corrected chi connectivity index (χ0v) is 18.2. The summed E-state index contributed by atoms with van der Waals surface area (Å²) >= 11 is 5.84. The molecule has 162 valence electrons. The smallest absolute Gasteiger partial charge is 0.248 e. The SMILES string of the molecule is O=C1CN(C(=O)C2(S(=O)(=O)c3ccc(Cl)cc3)CC2)CC(=O)N1CCc1ccccc1. The molecule has 2 aliphatic rings. The minimum Gasteiger partial charge on any atom is -0.323 e. The van der Waals surface area contributed by atoms with E-state index in [0.29, 0.717) is 11.4 Å². The van der Waals surface area contributed by atoms with Gasteiger partial charge < -0.3 is 4.90 Å². The van der Waals surface area contributed by atoms with E-state index in [1.54, 1.807) is 0 Å². The highest BCUT2D eigenvalue weighted by Gasteiger charge is 2.63. The molecular formula is C22H21ClN2O5S. The number of amides is 3. The van der Waals surface area contributed by atoms with Crippen molar-refractivity contribution in [2.75, 3.05) is 19.6 Å². The van der Waals surface area contributed by atoms with Gasteiger partial charge in [-0.3, -0.25) is 19.3 Å². The van der Waals surface area contributed by atoms with E-state index >= 15 is 0 Å². The summed E-state index contributed by atoms with van der Waals surface area (Å²) in [6, 6.07) is 15.1. The van der Waals surface area contributed by atoms with Crippen LogP contribution in [0.25, 0.3) is 0 Å². The van der Waals surface area contributed by atoms with Gasteiger partial charge >= 0.3 is 0 Å². The van der Waals surface area contributed by atoms with Gasteiger partial charge in [0.05, 0.1) is 4.90 Å². The molecular weight excluding hydrogens is 440 g/mol. The van der Waals surface area contributed by atoms with Crippen LogP contribution in [-0.2, 0) is 30.6 Å². The van der Waals surface area contributed by atoms with E-state index in [1.165, 1.54) is 24.3 Å². The second kappa shape index (κ2) is 8.09. The molecule has 2 aromatic carbocycles. The number of carbonyl (C=O) groups is 3. The Hall–Kier alpha value is -2.71. The molecule has 1 aliphatic heterocycles. The first-order valence-electron chi connectivity index (χ1n) is 9.91.